The van der Waals surface area contributed by atoms with E-state index >= 15 is 0 Å². The van der Waals surface area contributed by atoms with Gasteiger partial charge in [0.05, 0.1) is 5.56 Å². The number of hydrogen-bond donors (Lipinski definition) is 2. The summed E-state index contributed by atoms with van der Waals surface area (Å²) in [5.74, 6) is -0.393. The van der Waals surface area contributed by atoms with Crippen LogP contribution in [0.2, 0.25) is 0 Å². The molecule has 0 amide bonds. The average molecular weight is 535 g/mol. The Hall–Kier alpha value is -3.54. The number of hydrogen-bond acceptors (Lipinski definition) is 6. The lowest BCUT2D eigenvalue weighted by Crippen LogP contribution is -2.08. The van der Waals surface area contributed by atoms with E-state index in [2.05, 4.69) is 19.1 Å². The number of carbonyl (C=O) groups excluding carboxylic acids is 1. The van der Waals surface area contributed by atoms with Crippen molar-refractivity contribution in [3.63, 3.8) is 0 Å². The number of fused-ring (bicyclic) bond motifs is 1. The predicted molar refractivity (Wildman–Crippen MR) is 156 cm³/mol. The van der Waals surface area contributed by atoms with E-state index in [4.69, 9.17) is 9.15 Å². The molecule has 0 radical (unpaired) electrons. The van der Waals surface area contributed by atoms with Crippen molar-refractivity contribution in [1.29, 1.82) is 0 Å². The summed E-state index contributed by atoms with van der Waals surface area (Å²) in [4.78, 5) is 25.1. The van der Waals surface area contributed by atoms with Crippen LogP contribution in [0.1, 0.15) is 96.8 Å². The summed E-state index contributed by atoms with van der Waals surface area (Å²) in [6, 6.07) is 8.97. The van der Waals surface area contributed by atoms with Gasteiger partial charge in [0.1, 0.15) is 34.5 Å². The summed E-state index contributed by atoms with van der Waals surface area (Å²) < 4.78 is 10.9. The molecule has 0 fully saturated rings. The first kappa shape index (κ1) is 30.0. The van der Waals surface area contributed by atoms with Gasteiger partial charge in [-0.1, -0.05) is 82.6 Å². The van der Waals surface area contributed by atoms with Gasteiger partial charge in [-0.05, 0) is 49.8 Å². The highest BCUT2D eigenvalue weighted by Gasteiger charge is 2.14. The number of ether oxygens (including phenoxy) is 1. The first-order valence-corrected chi connectivity index (χ1v) is 14.4. The van der Waals surface area contributed by atoms with Crippen molar-refractivity contribution in [2.24, 2.45) is 0 Å². The van der Waals surface area contributed by atoms with Gasteiger partial charge in [0, 0.05) is 18.6 Å². The van der Waals surface area contributed by atoms with Crippen LogP contribution in [0.25, 0.3) is 22.1 Å². The van der Waals surface area contributed by atoms with Crippen LogP contribution in [0, 0.1) is 0 Å². The van der Waals surface area contributed by atoms with E-state index in [-0.39, 0.29) is 34.0 Å². The first-order chi connectivity index (χ1) is 19.0. The van der Waals surface area contributed by atoms with E-state index in [1.165, 1.54) is 70.1 Å². The molecule has 2 N–H and O–H groups in total. The monoisotopic (exact) mass is 534 g/mol. The number of aromatic hydroxyl groups is 2. The van der Waals surface area contributed by atoms with Gasteiger partial charge >= 0.3 is 5.97 Å². The molecule has 210 valence electrons. The second-order valence-corrected chi connectivity index (χ2v) is 10.1. The number of allylic oxidation sites excluding steroid dienone is 2. The van der Waals surface area contributed by atoms with Gasteiger partial charge in [-0.15, -0.1) is 0 Å². The maximum absolute atomic E-state index is 12.9. The highest BCUT2D eigenvalue weighted by atomic mass is 16.5. The zero-order valence-electron chi connectivity index (χ0n) is 23.1. The van der Waals surface area contributed by atoms with E-state index in [0.717, 1.165) is 31.7 Å². The molecule has 0 unspecified atom stereocenters. The summed E-state index contributed by atoms with van der Waals surface area (Å²) in [7, 11) is 0. The van der Waals surface area contributed by atoms with Gasteiger partial charge in [-0.2, -0.15) is 0 Å². The molecule has 0 aliphatic carbocycles. The van der Waals surface area contributed by atoms with Crippen molar-refractivity contribution in [2.45, 2.75) is 96.8 Å². The van der Waals surface area contributed by atoms with Crippen LogP contribution in [-0.4, -0.2) is 16.2 Å². The third-order valence-corrected chi connectivity index (χ3v) is 6.88. The fourth-order valence-electron chi connectivity index (χ4n) is 4.64. The largest absolute Gasteiger partial charge is 0.508 e. The maximum atomic E-state index is 12.9. The molecule has 0 spiro atoms. The van der Waals surface area contributed by atoms with Crippen LogP contribution in [0.15, 0.2) is 64.0 Å². The van der Waals surface area contributed by atoms with Gasteiger partial charge in [-0.25, -0.2) is 0 Å². The van der Waals surface area contributed by atoms with Crippen molar-refractivity contribution in [3.8, 4) is 28.4 Å². The smallest absolute Gasteiger partial charge is 0.311 e. The van der Waals surface area contributed by atoms with Crippen LogP contribution in [0.5, 0.6) is 17.2 Å². The lowest BCUT2D eigenvalue weighted by Gasteiger charge is -2.07. The van der Waals surface area contributed by atoms with E-state index in [1.54, 1.807) is 24.3 Å². The molecular formula is C33H42O6. The number of rotatable bonds is 17. The van der Waals surface area contributed by atoms with Crippen molar-refractivity contribution in [3.05, 3.63) is 65.0 Å². The Morgan fingerprint density at radius 2 is 1.46 bits per heavy atom. The maximum Gasteiger partial charge on any atom is 0.311 e. The summed E-state index contributed by atoms with van der Waals surface area (Å²) in [6.07, 6.45) is 22.0. The zero-order valence-corrected chi connectivity index (χ0v) is 23.1. The van der Waals surface area contributed by atoms with E-state index < -0.39 is 5.43 Å². The molecule has 0 saturated heterocycles. The molecule has 39 heavy (non-hydrogen) atoms. The normalized spacial score (nSPS) is 11.4. The molecule has 1 aromatic heterocycles. The Bertz CT molecular complexity index is 1260. The Kier molecular flexibility index (Phi) is 12.6. The lowest BCUT2D eigenvalue weighted by atomic mass is 10.0. The quantitative estimate of drug-likeness (QED) is 0.0777. The fraction of sp³-hybridized carbons (Fsp3) is 0.455. The predicted octanol–water partition coefficient (Wildman–Crippen LogP) is 8.81. The topological polar surface area (TPSA) is 97.0 Å². The molecule has 0 saturated carbocycles. The third kappa shape index (κ3) is 9.93. The van der Waals surface area contributed by atoms with Crippen molar-refractivity contribution >= 4 is 16.9 Å². The van der Waals surface area contributed by atoms with Crippen molar-refractivity contribution in [1.82, 2.24) is 0 Å². The molecule has 2 aromatic carbocycles. The standard InChI is InChI=1S/C33H42O6/c1-2-3-4-5-6-7-8-9-10-11-12-13-14-15-16-17-31(36)39-27-20-18-25(19-21-27)28-24-38-30-23-26(34)22-29(35)32(30)33(28)37/h9-10,18-24,34-35H,2-8,11-17H2,1H3/b10-9+. The molecule has 6 nitrogen and oxygen atoms in total. The summed E-state index contributed by atoms with van der Waals surface area (Å²) in [5.41, 5.74) is 0.509. The molecule has 0 aliphatic heterocycles. The van der Waals surface area contributed by atoms with E-state index in [0.29, 0.717) is 17.7 Å². The van der Waals surface area contributed by atoms with Crippen molar-refractivity contribution in [2.75, 3.05) is 0 Å². The minimum atomic E-state index is -0.414. The zero-order chi connectivity index (χ0) is 27.9. The molecular weight excluding hydrogens is 492 g/mol. The number of unbranched alkanes of at least 4 members (excludes halogenated alkanes) is 11. The lowest BCUT2D eigenvalue weighted by molar-refractivity contribution is -0.134. The number of phenols is 2. The third-order valence-electron chi connectivity index (χ3n) is 6.88. The Labute approximate surface area is 231 Å². The van der Waals surface area contributed by atoms with Crippen LogP contribution in [-0.2, 0) is 4.79 Å². The Morgan fingerprint density at radius 1 is 0.846 bits per heavy atom. The van der Waals surface area contributed by atoms with Crippen LogP contribution in [0.4, 0.5) is 0 Å². The molecule has 0 atom stereocenters. The molecule has 3 rings (SSSR count). The van der Waals surface area contributed by atoms with Crippen molar-refractivity contribution < 1.29 is 24.2 Å². The van der Waals surface area contributed by atoms with Gasteiger partial charge < -0.3 is 19.4 Å². The molecule has 0 bridgehead atoms. The van der Waals surface area contributed by atoms with Gasteiger partial charge in [0.15, 0.2) is 0 Å². The highest BCUT2D eigenvalue weighted by molar-refractivity contribution is 5.88. The number of esters is 1. The average Bonchev–Trinajstić information content (AvgIpc) is 2.91. The number of carbonyl (C=O) groups is 1. The number of phenolic OH excluding ortho intramolecular Hbond substituents is 2. The van der Waals surface area contributed by atoms with E-state index in [1.807, 2.05) is 0 Å². The molecule has 1 heterocycles. The Morgan fingerprint density at radius 3 is 2.13 bits per heavy atom. The second-order valence-electron chi connectivity index (χ2n) is 10.1. The van der Waals surface area contributed by atoms with Crippen LogP contribution in [0.3, 0.4) is 0 Å². The molecule has 0 aliphatic rings. The Balaban J connectivity index is 1.31. The minimum Gasteiger partial charge on any atom is -0.508 e. The van der Waals surface area contributed by atoms with Crippen LogP contribution >= 0.6 is 0 Å². The van der Waals surface area contributed by atoms with Gasteiger partial charge in [-0.3, -0.25) is 9.59 Å². The van der Waals surface area contributed by atoms with Gasteiger partial charge in [0.2, 0.25) is 5.43 Å². The minimum absolute atomic E-state index is 0.000710. The summed E-state index contributed by atoms with van der Waals surface area (Å²) >= 11 is 0. The molecule has 3 aromatic rings. The first-order valence-electron chi connectivity index (χ1n) is 14.4. The number of benzene rings is 2. The van der Waals surface area contributed by atoms with Crippen LogP contribution < -0.4 is 10.2 Å². The van der Waals surface area contributed by atoms with Gasteiger partial charge in [0.25, 0.3) is 0 Å². The van der Waals surface area contributed by atoms with E-state index in [9.17, 15) is 19.8 Å². The SMILES string of the molecule is CCCCCCCC/C=C/CCCCCCCC(=O)Oc1ccc(-c2coc3cc(O)cc(O)c3c2=O)cc1. The fourth-order valence-corrected chi connectivity index (χ4v) is 4.64. The summed E-state index contributed by atoms with van der Waals surface area (Å²) in [6.45, 7) is 2.25. The summed E-state index contributed by atoms with van der Waals surface area (Å²) in [5, 5.41) is 19.7. The molecule has 6 heteroatoms. The second kappa shape index (κ2) is 16.4. The highest BCUT2D eigenvalue weighted by Crippen LogP contribution is 2.30.